The van der Waals surface area contributed by atoms with Crippen LogP contribution >= 0.6 is 11.8 Å². The number of hydrogen-bond donors (Lipinski definition) is 0. The highest BCUT2D eigenvalue weighted by molar-refractivity contribution is 7.99. The highest BCUT2D eigenvalue weighted by atomic mass is 32.2. The van der Waals surface area contributed by atoms with Crippen molar-refractivity contribution in [3.8, 4) is 0 Å². The van der Waals surface area contributed by atoms with Gasteiger partial charge >= 0.3 is 0 Å². The molecule has 0 aromatic heterocycles. The zero-order chi connectivity index (χ0) is 14.5. The van der Waals surface area contributed by atoms with Crippen molar-refractivity contribution in [2.45, 2.75) is 9.79 Å². The van der Waals surface area contributed by atoms with Crippen molar-refractivity contribution >= 4 is 17.5 Å². The van der Waals surface area contributed by atoms with Crippen molar-refractivity contribution in [2.24, 2.45) is 0 Å². The fourth-order valence-corrected chi connectivity index (χ4v) is 2.84. The Balaban J connectivity index is 1.77. The largest absolute Gasteiger partial charge is 0.289 e. The summed E-state index contributed by atoms with van der Waals surface area (Å²) in [5, 5.41) is 0. The minimum atomic E-state index is 0.0419. The van der Waals surface area contributed by atoms with Crippen molar-refractivity contribution in [1.82, 2.24) is 0 Å². The average Bonchev–Trinajstić information content (AvgIpc) is 2.57. The van der Waals surface area contributed by atoms with Gasteiger partial charge in [-0.15, -0.1) is 0 Å². The van der Waals surface area contributed by atoms with Crippen LogP contribution in [0.5, 0.6) is 0 Å². The van der Waals surface area contributed by atoms with E-state index in [0.29, 0.717) is 11.1 Å². The topological polar surface area (TPSA) is 17.1 Å². The Kier molecular flexibility index (Phi) is 4.17. The summed E-state index contributed by atoms with van der Waals surface area (Å²) in [6.45, 7) is 0. The molecule has 101 valence electrons. The van der Waals surface area contributed by atoms with Gasteiger partial charge in [0.25, 0.3) is 0 Å². The molecule has 0 saturated heterocycles. The standard InChI is InChI=1S/C19H13OS/c20-19(15-7-3-1-4-8-15)16-11-13-18(14-12-16)21-17-9-5-2-6-10-17/h2-14H. The maximum absolute atomic E-state index is 12.3. The van der Waals surface area contributed by atoms with Crippen LogP contribution in [0, 0.1) is 6.07 Å². The molecule has 0 bridgehead atoms. The molecule has 0 amide bonds. The maximum atomic E-state index is 12.3. The predicted octanol–water partition coefficient (Wildman–Crippen LogP) is 4.87. The van der Waals surface area contributed by atoms with Gasteiger partial charge in [-0.3, -0.25) is 4.79 Å². The van der Waals surface area contributed by atoms with E-state index in [1.54, 1.807) is 36.0 Å². The van der Waals surface area contributed by atoms with Gasteiger partial charge < -0.3 is 0 Å². The molecule has 0 saturated carbocycles. The lowest BCUT2D eigenvalue weighted by Crippen LogP contribution is -2.00. The van der Waals surface area contributed by atoms with Crippen LogP contribution in [0.1, 0.15) is 15.9 Å². The van der Waals surface area contributed by atoms with E-state index in [2.05, 4.69) is 18.2 Å². The van der Waals surface area contributed by atoms with Crippen LogP contribution in [0.4, 0.5) is 0 Å². The summed E-state index contributed by atoms with van der Waals surface area (Å²) in [7, 11) is 0. The van der Waals surface area contributed by atoms with E-state index in [4.69, 9.17) is 0 Å². The Morgan fingerprint density at radius 3 is 1.95 bits per heavy atom. The van der Waals surface area contributed by atoms with Crippen LogP contribution < -0.4 is 0 Å². The number of ketones is 1. The van der Waals surface area contributed by atoms with Crippen LogP contribution in [0.25, 0.3) is 0 Å². The molecule has 0 heterocycles. The molecule has 0 aliphatic heterocycles. The molecule has 3 rings (SSSR count). The third-order valence-electron chi connectivity index (χ3n) is 3.08. The first kappa shape index (κ1) is 13.7. The second-order valence-corrected chi connectivity index (χ2v) is 5.70. The Morgan fingerprint density at radius 1 is 0.714 bits per heavy atom. The molecule has 3 aromatic rings. The van der Waals surface area contributed by atoms with Crippen molar-refractivity contribution in [3.63, 3.8) is 0 Å². The lowest BCUT2D eigenvalue weighted by Gasteiger charge is -2.04. The van der Waals surface area contributed by atoms with Gasteiger partial charge in [0.2, 0.25) is 0 Å². The number of carbonyl (C=O) groups excluding carboxylic acids is 1. The van der Waals surface area contributed by atoms with Crippen LogP contribution in [-0.2, 0) is 0 Å². The van der Waals surface area contributed by atoms with Gasteiger partial charge in [0.1, 0.15) is 0 Å². The van der Waals surface area contributed by atoms with Crippen LogP contribution in [0.2, 0.25) is 0 Å². The third kappa shape index (κ3) is 3.41. The predicted molar refractivity (Wildman–Crippen MR) is 85.7 cm³/mol. The highest BCUT2D eigenvalue weighted by Crippen LogP contribution is 2.27. The summed E-state index contributed by atoms with van der Waals surface area (Å²) in [5.74, 6) is 0.0419. The normalized spacial score (nSPS) is 10.3. The summed E-state index contributed by atoms with van der Waals surface area (Å²) < 4.78 is 0. The molecule has 0 atom stereocenters. The molecule has 0 spiro atoms. The summed E-state index contributed by atoms with van der Waals surface area (Å²) in [4.78, 5) is 14.6. The maximum Gasteiger partial charge on any atom is 0.193 e. The highest BCUT2D eigenvalue weighted by Gasteiger charge is 2.08. The number of rotatable bonds is 4. The van der Waals surface area contributed by atoms with Gasteiger partial charge in [-0.2, -0.15) is 0 Å². The molecule has 0 aliphatic carbocycles. The molecule has 21 heavy (non-hydrogen) atoms. The lowest BCUT2D eigenvalue weighted by molar-refractivity contribution is 0.103. The van der Waals surface area contributed by atoms with E-state index >= 15 is 0 Å². The van der Waals surface area contributed by atoms with Gasteiger partial charge in [0.15, 0.2) is 5.78 Å². The zero-order valence-corrected chi connectivity index (χ0v) is 12.1. The third-order valence-corrected chi connectivity index (χ3v) is 4.09. The molecule has 1 nitrogen and oxygen atoms in total. The van der Waals surface area contributed by atoms with Gasteiger partial charge in [0, 0.05) is 20.9 Å². The van der Waals surface area contributed by atoms with Crippen LogP contribution in [0.15, 0.2) is 88.7 Å². The van der Waals surface area contributed by atoms with E-state index in [1.165, 1.54) is 4.90 Å². The Bertz CT molecular complexity index is 719. The van der Waals surface area contributed by atoms with E-state index in [1.807, 2.05) is 42.5 Å². The first-order chi connectivity index (χ1) is 10.3. The lowest BCUT2D eigenvalue weighted by atomic mass is 10.0. The first-order valence-corrected chi connectivity index (χ1v) is 7.48. The second kappa shape index (κ2) is 6.42. The number of carbonyl (C=O) groups is 1. The molecule has 2 heteroatoms. The van der Waals surface area contributed by atoms with Crippen LogP contribution in [-0.4, -0.2) is 5.78 Å². The second-order valence-electron chi connectivity index (χ2n) is 4.56. The van der Waals surface area contributed by atoms with Crippen molar-refractivity contribution in [2.75, 3.05) is 0 Å². The summed E-state index contributed by atoms with van der Waals surface area (Å²) in [6.07, 6.45) is 0. The fraction of sp³-hybridized carbons (Fsp3) is 0. The number of benzene rings is 3. The number of hydrogen-bond acceptors (Lipinski definition) is 2. The van der Waals surface area contributed by atoms with Crippen LogP contribution in [0.3, 0.4) is 0 Å². The smallest absolute Gasteiger partial charge is 0.193 e. The van der Waals surface area contributed by atoms with Gasteiger partial charge in [0.05, 0.1) is 0 Å². The van der Waals surface area contributed by atoms with Crippen molar-refractivity contribution in [1.29, 1.82) is 0 Å². The monoisotopic (exact) mass is 289 g/mol. The Morgan fingerprint density at radius 2 is 1.29 bits per heavy atom. The van der Waals surface area contributed by atoms with E-state index in [0.717, 1.165) is 4.90 Å². The quantitative estimate of drug-likeness (QED) is 0.637. The van der Waals surface area contributed by atoms with E-state index in [9.17, 15) is 4.79 Å². The molecule has 0 fully saturated rings. The molecule has 3 aromatic carbocycles. The summed E-state index contributed by atoms with van der Waals surface area (Å²) in [5.41, 5.74) is 1.40. The summed E-state index contributed by atoms with van der Waals surface area (Å²) >= 11 is 1.69. The molecule has 0 unspecified atom stereocenters. The van der Waals surface area contributed by atoms with E-state index in [-0.39, 0.29) is 5.78 Å². The van der Waals surface area contributed by atoms with Crippen molar-refractivity contribution in [3.05, 3.63) is 96.1 Å². The van der Waals surface area contributed by atoms with E-state index < -0.39 is 0 Å². The minimum Gasteiger partial charge on any atom is -0.289 e. The average molecular weight is 289 g/mol. The van der Waals surface area contributed by atoms with Gasteiger partial charge in [-0.05, 0) is 42.5 Å². The fourth-order valence-electron chi connectivity index (χ4n) is 2.00. The zero-order valence-electron chi connectivity index (χ0n) is 11.3. The van der Waals surface area contributed by atoms with Gasteiger partial charge in [-0.25, -0.2) is 0 Å². The molecular weight excluding hydrogens is 276 g/mol. The molecular formula is C19H13OS. The summed E-state index contributed by atoms with van der Waals surface area (Å²) in [6, 6.07) is 27.9. The molecule has 0 N–H and O–H groups in total. The Hall–Kier alpha value is -2.32. The van der Waals surface area contributed by atoms with Crippen molar-refractivity contribution < 1.29 is 4.79 Å². The first-order valence-electron chi connectivity index (χ1n) is 6.67. The molecule has 0 aliphatic rings. The minimum absolute atomic E-state index is 0.0419. The molecule has 1 radical (unpaired) electrons. The Labute approximate surface area is 128 Å². The SMILES string of the molecule is O=C(c1cc[c]cc1)c1ccc(Sc2ccccc2)cc1. The van der Waals surface area contributed by atoms with Gasteiger partial charge in [-0.1, -0.05) is 54.2 Å².